The molecule has 19 atom stereocenters. The summed E-state index contributed by atoms with van der Waals surface area (Å²) in [4.78, 5) is 13.1. The molecule has 1 saturated heterocycles. The molecular weight excluding hydrogens is 720 g/mol. The van der Waals surface area contributed by atoms with Crippen LogP contribution in [0.25, 0.3) is 0 Å². The summed E-state index contributed by atoms with van der Waals surface area (Å²) in [6, 6.07) is 0. The first-order valence-corrected chi connectivity index (χ1v) is 22.0. The Morgan fingerprint density at radius 3 is 1.86 bits per heavy atom. The predicted octanol–water partition coefficient (Wildman–Crippen LogP) is 3.45. The SMILES string of the molecule is CC(CCC(=O)OCC1OC(OC2C(O)C(O)C(O)C(O)C2O)C(O)C(O)C1O)C1CCC2(C)C1CCC1(C)C2CCC2C3(C)CCCC(C)(C)C3CCC21C. The highest BCUT2D eigenvalue weighted by Gasteiger charge is 2.70. The van der Waals surface area contributed by atoms with Crippen LogP contribution in [0.5, 0.6) is 0 Å². The van der Waals surface area contributed by atoms with Crippen molar-refractivity contribution in [2.75, 3.05) is 6.61 Å². The normalized spacial score (nSPS) is 54.6. The second kappa shape index (κ2) is 15.2. The molecule has 0 aromatic heterocycles. The molecule has 6 aliphatic carbocycles. The maximum Gasteiger partial charge on any atom is 0.305 e. The van der Waals surface area contributed by atoms with Crippen molar-refractivity contribution < 1.29 is 59.9 Å². The number of carbonyl (C=O) groups excluding carboxylic acids is 1. The number of carbonyl (C=O) groups is 1. The Balaban J connectivity index is 0.939. The maximum absolute atomic E-state index is 13.1. The average Bonchev–Trinajstić information content (AvgIpc) is 3.50. The van der Waals surface area contributed by atoms with Crippen molar-refractivity contribution in [1.29, 1.82) is 0 Å². The highest BCUT2D eigenvalue weighted by molar-refractivity contribution is 5.69. The van der Waals surface area contributed by atoms with Gasteiger partial charge in [-0.05, 0) is 133 Å². The van der Waals surface area contributed by atoms with Gasteiger partial charge in [0.15, 0.2) is 6.29 Å². The second-order valence-corrected chi connectivity index (χ2v) is 21.6. The van der Waals surface area contributed by atoms with Gasteiger partial charge in [0, 0.05) is 6.42 Å². The van der Waals surface area contributed by atoms with Crippen LogP contribution in [0.4, 0.5) is 0 Å². The van der Waals surface area contributed by atoms with Crippen molar-refractivity contribution in [3.8, 4) is 0 Å². The molecule has 19 unspecified atom stereocenters. The van der Waals surface area contributed by atoms with Crippen molar-refractivity contribution in [1.82, 2.24) is 0 Å². The van der Waals surface area contributed by atoms with Gasteiger partial charge in [-0.15, -0.1) is 0 Å². The van der Waals surface area contributed by atoms with E-state index in [0.29, 0.717) is 57.2 Å². The van der Waals surface area contributed by atoms with Crippen LogP contribution in [0.3, 0.4) is 0 Å². The van der Waals surface area contributed by atoms with Gasteiger partial charge in [0.2, 0.25) is 0 Å². The van der Waals surface area contributed by atoms with Crippen molar-refractivity contribution in [3.63, 3.8) is 0 Å². The molecule has 1 aliphatic heterocycles. The molecule has 56 heavy (non-hydrogen) atoms. The van der Waals surface area contributed by atoms with E-state index in [1.807, 2.05) is 0 Å². The number of aliphatic hydroxyl groups is 8. The van der Waals surface area contributed by atoms with E-state index in [0.717, 1.165) is 11.8 Å². The van der Waals surface area contributed by atoms with Crippen molar-refractivity contribution >= 4 is 5.97 Å². The standard InChI is InChI=1S/C44H74O12/c1-22(9-12-29(45)54-21-25-30(46)31(47)37(53)39(55-25)56-38-35(51)33(49)32(48)34(50)36(38)52)23-13-18-41(4)24(23)14-19-43(6)27(41)10-11-28-42(5)17-8-16-40(2,3)26(42)15-20-44(28,43)7/h22-28,30-39,46-53H,8-21H2,1-7H3. The second-order valence-electron chi connectivity index (χ2n) is 21.6. The predicted molar refractivity (Wildman–Crippen MR) is 205 cm³/mol. The Kier molecular flexibility index (Phi) is 11.7. The summed E-state index contributed by atoms with van der Waals surface area (Å²) in [5.74, 6) is 3.35. The minimum absolute atomic E-state index is 0.185. The molecule has 1 heterocycles. The lowest BCUT2D eigenvalue weighted by Gasteiger charge is -2.73. The molecule has 0 bridgehead atoms. The lowest BCUT2D eigenvalue weighted by atomic mass is 9.32. The fourth-order valence-corrected chi connectivity index (χ4v) is 15.5. The van der Waals surface area contributed by atoms with Gasteiger partial charge in [-0.2, -0.15) is 0 Å². The zero-order valence-electron chi connectivity index (χ0n) is 34.9. The van der Waals surface area contributed by atoms with Crippen LogP contribution >= 0.6 is 0 Å². The van der Waals surface area contributed by atoms with Crippen LogP contribution in [0.15, 0.2) is 0 Å². The number of fused-ring (bicyclic) bond motifs is 7. The topological polar surface area (TPSA) is 207 Å². The number of rotatable bonds is 8. The smallest absolute Gasteiger partial charge is 0.305 e. The van der Waals surface area contributed by atoms with Crippen LogP contribution in [0.2, 0.25) is 0 Å². The number of aliphatic hydroxyl groups excluding tert-OH is 8. The molecule has 12 heteroatoms. The zero-order valence-corrected chi connectivity index (χ0v) is 34.9. The molecule has 0 aromatic rings. The lowest BCUT2D eigenvalue weighted by Crippen LogP contribution is -2.67. The molecular formula is C44H74O12. The number of hydrogen-bond donors (Lipinski definition) is 8. The summed E-state index contributed by atoms with van der Waals surface area (Å²) in [6.07, 6.45) is -4.00. The molecule has 6 saturated carbocycles. The summed E-state index contributed by atoms with van der Waals surface area (Å²) in [5.41, 5.74) is 1.85. The highest BCUT2D eigenvalue weighted by atomic mass is 16.7. The van der Waals surface area contributed by atoms with Gasteiger partial charge in [0.25, 0.3) is 0 Å². The van der Waals surface area contributed by atoms with Crippen LogP contribution in [-0.2, 0) is 19.0 Å². The first-order chi connectivity index (χ1) is 26.1. The zero-order chi connectivity index (χ0) is 40.9. The number of esters is 1. The molecule has 12 nitrogen and oxygen atoms in total. The third kappa shape index (κ3) is 6.65. The molecule has 8 N–H and O–H groups in total. The van der Waals surface area contributed by atoms with Crippen molar-refractivity contribution in [2.45, 2.75) is 199 Å². The van der Waals surface area contributed by atoms with E-state index >= 15 is 0 Å². The number of ether oxygens (including phenoxy) is 3. The number of hydrogen-bond acceptors (Lipinski definition) is 12. The summed E-state index contributed by atoms with van der Waals surface area (Å²) in [7, 11) is 0. The van der Waals surface area contributed by atoms with Gasteiger partial charge in [-0.25, -0.2) is 0 Å². The third-order valence-corrected chi connectivity index (χ3v) is 18.7. The van der Waals surface area contributed by atoms with Gasteiger partial charge < -0.3 is 55.1 Å². The van der Waals surface area contributed by atoms with E-state index in [1.54, 1.807) is 0 Å². The van der Waals surface area contributed by atoms with Gasteiger partial charge in [-0.3, -0.25) is 4.79 Å². The van der Waals surface area contributed by atoms with Crippen LogP contribution < -0.4 is 0 Å². The molecule has 0 amide bonds. The Labute approximate surface area is 333 Å². The van der Waals surface area contributed by atoms with E-state index in [-0.39, 0.29) is 6.42 Å². The minimum Gasteiger partial charge on any atom is -0.463 e. The van der Waals surface area contributed by atoms with Gasteiger partial charge in [-0.1, -0.05) is 54.9 Å². The Morgan fingerprint density at radius 2 is 1.21 bits per heavy atom. The minimum atomic E-state index is -1.87. The molecule has 0 aromatic carbocycles. The van der Waals surface area contributed by atoms with Crippen molar-refractivity contribution in [3.05, 3.63) is 0 Å². The molecule has 7 fully saturated rings. The first kappa shape index (κ1) is 43.2. The van der Waals surface area contributed by atoms with Crippen LogP contribution in [0.1, 0.15) is 132 Å². The molecule has 7 aliphatic rings. The average molecular weight is 795 g/mol. The Bertz CT molecular complexity index is 1410. The molecule has 0 radical (unpaired) electrons. The maximum atomic E-state index is 13.1. The summed E-state index contributed by atoms with van der Waals surface area (Å²) < 4.78 is 16.6. The van der Waals surface area contributed by atoms with E-state index in [2.05, 4.69) is 48.5 Å². The largest absolute Gasteiger partial charge is 0.463 e. The quantitative estimate of drug-likeness (QED) is 0.167. The summed E-state index contributed by atoms with van der Waals surface area (Å²) >= 11 is 0. The van der Waals surface area contributed by atoms with E-state index < -0.39 is 79.9 Å². The molecule has 7 rings (SSSR count). The first-order valence-electron chi connectivity index (χ1n) is 22.0. The van der Waals surface area contributed by atoms with Crippen LogP contribution in [-0.4, -0.2) is 121 Å². The highest BCUT2D eigenvalue weighted by Crippen LogP contribution is 2.78. The third-order valence-electron chi connectivity index (χ3n) is 18.7. The van der Waals surface area contributed by atoms with E-state index in [1.165, 1.54) is 70.6 Å². The Hall–Kier alpha value is -0.930. The summed E-state index contributed by atoms with van der Waals surface area (Å²) in [5, 5.41) is 82.5. The fraction of sp³-hybridized carbons (Fsp3) is 0.977. The summed E-state index contributed by atoms with van der Waals surface area (Å²) in [6.45, 7) is 17.6. The van der Waals surface area contributed by atoms with E-state index in [9.17, 15) is 45.6 Å². The van der Waals surface area contributed by atoms with Crippen molar-refractivity contribution in [2.24, 2.45) is 62.6 Å². The van der Waals surface area contributed by atoms with Gasteiger partial charge >= 0.3 is 5.97 Å². The van der Waals surface area contributed by atoms with Gasteiger partial charge in [0.05, 0.1) is 0 Å². The van der Waals surface area contributed by atoms with E-state index in [4.69, 9.17) is 14.2 Å². The lowest BCUT2D eigenvalue weighted by molar-refractivity contribution is -0.339. The monoisotopic (exact) mass is 795 g/mol. The Morgan fingerprint density at radius 1 is 0.643 bits per heavy atom. The van der Waals surface area contributed by atoms with Gasteiger partial charge in [0.1, 0.15) is 67.6 Å². The molecule has 0 spiro atoms. The fourth-order valence-electron chi connectivity index (χ4n) is 15.5. The molecule has 322 valence electrons. The van der Waals surface area contributed by atoms with Crippen LogP contribution in [0, 0.1) is 62.6 Å².